The Morgan fingerprint density at radius 3 is 1.13 bits per heavy atom. The Morgan fingerprint density at radius 1 is 0.404 bits per heavy atom. The zero-order valence-electron chi connectivity index (χ0n) is 29.5. The van der Waals surface area contributed by atoms with Crippen molar-refractivity contribution in [3.05, 3.63) is 167 Å². The van der Waals surface area contributed by atoms with E-state index in [2.05, 4.69) is 140 Å². The molecule has 2 aromatic heterocycles. The Kier molecular flexibility index (Phi) is 7.11. The number of aryl methyl sites for hydroxylation is 4. The van der Waals surface area contributed by atoms with Gasteiger partial charge in [0.15, 0.2) is 0 Å². The second-order valence-electron chi connectivity index (χ2n) is 14.0. The Morgan fingerprint density at radius 2 is 0.750 bits per heavy atom. The lowest BCUT2D eigenvalue weighted by molar-refractivity contribution is 1.13. The Bertz CT molecular complexity index is 2760. The summed E-state index contributed by atoms with van der Waals surface area (Å²) < 4.78 is 4.72. The fourth-order valence-corrected chi connectivity index (χ4v) is 8.05. The van der Waals surface area contributed by atoms with E-state index in [9.17, 15) is 10.5 Å². The maximum Gasteiger partial charge on any atom is 0.0998 e. The zero-order valence-corrected chi connectivity index (χ0v) is 29.5. The van der Waals surface area contributed by atoms with Gasteiger partial charge in [-0.3, -0.25) is 0 Å². The summed E-state index contributed by atoms with van der Waals surface area (Å²) in [6.07, 6.45) is 0. The number of benzene rings is 7. The second-order valence-corrected chi connectivity index (χ2v) is 14.0. The first kappa shape index (κ1) is 31.1. The van der Waals surface area contributed by atoms with Crippen molar-refractivity contribution in [1.82, 2.24) is 9.13 Å². The van der Waals surface area contributed by atoms with Gasteiger partial charge in [0.25, 0.3) is 0 Å². The molecule has 2 heterocycles. The molecule has 0 saturated carbocycles. The second kappa shape index (κ2) is 11.9. The molecule has 9 rings (SSSR count). The van der Waals surface area contributed by atoms with Gasteiger partial charge in [0.2, 0.25) is 0 Å². The van der Waals surface area contributed by atoms with E-state index in [-0.39, 0.29) is 0 Å². The summed E-state index contributed by atoms with van der Waals surface area (Å²) in [7, 11) is 0. The molecule has 0 atom stereocenters. The molecule has 0 spiro atoms. The Labute approximate surface area is 302 Å². The van der Waals surface area contributed by atoms with Crippen LogP contribution in [0.4, 0.5) is 0 Å². The molecule has 0 aliphatic carbocycles. The van der Waals surface area contributed by atoms with E-state index in [1.807, 2.05) is 42.5 Å². The maximum absolute atomic E-state index is 10.6. The minimum absolute atomic E-state index is 0.593. The summed E-state index contributed by atoms with van der Waals surface area (Å²) in [6.45, 7) is 8.54. The topological polar surface area (TPSA) is 57.4 Å². The first-order valence-electron chi connectivity index (χ1n) is 17.6. The highest BCUT2D eigenvalue weighted by Gasteiger charge is 2.25. The van der Waals surface area contributed by atoms with E-state index < -0.39 is 0 Å². The lowest BCUT2D eigenvalue weighted by atomic mass is 9.91. The van der Waals surface area contributed by atoms with Crippen molar-refractivity contribution in [3.8, 4) is 45.8 Å². The van der Waals surface area contributed by atoms with E-state index in [0.29, 0.717) is 11.1 Å². The van der Waals surface area contributed by atoms with Crippen molar-refractivity contribution >= 4 is 43.6 Å². The predicted octanol–water partition coefficient (Wildman–Crippen LogP) is 12.2. The fourth-order valence-electron chi connectivity index (χ4n) is 8.05. The largest absolute Gasteiger partial charge is 0.309 e. The maximum atomic E-state index is 10.6. The summed E-state index contributed by atoms with van der Waals surface area (Å²) in [4.78, 5) is 0. The van der Waals surface area contributed by atoms with Crippen LogP contribution in [0.5, 0.6) is 0 Å². The fraction of sp³-hybridized carbons (Fsp3) is 0.0833. The molecule has 0 amide bonds. The van der Waals surface area contributed by atoms with Crippen molar-refractivity contribution in [2.24, 2.45) is 0 Å². The lowest BCUT2D eigenvalue weighted by Crippen LogP contribution is -2.06. The van der Waals surface area contributed by atoms with Gasteiger partial charge in [-0.2, -0.15) is 10.5 Å². The average molecular weight is 667 g/mol. The highest BCUT2D eigenvalue weighted by molar-refractivity contribution is 6.13. The lowest BCUT2D eigenvalue weighted by Gasteiger charge is -2.23. The Hall–Kier alpha value is -6.88. The van der Waals surface area contributed by atoms with Gasteiger partial charge < -0.3 is 9.13 Å². The summed E-state index contributed by atoms with van der Waals surface area (Å²) in [5, 5.41) is 25.7. The molecule has 7 aromatic carbocycles. The van der Waals surface area contributed by atoms with E-state index in [1.54, 1.807) is 0 Å². The molecule has 246 valence electrons. The van der Waals surface area contributed by atoms with Gasteiger partial charge in [0.1, 0.15) is 0 Å². The summed E-state index contributed by atoms with van der Waals surface area (Å²) in [5.41, 5.74) is 15.7. The average Bonchev–Trinajstić information content (AvgIpc) is 3.65. The molecule has 0 unspecified atom stereocenters. The van der Waals surface area contributed by atoms with Crippen LogP contribution in [0.15, 0.2) is 133 Å². The van der Waals surface area contributed by atoms with Gasteiger partial charge in [-0.15, -0.1) is 0 Å². The molecule has 0 fully saturated rings. The summed E-state index contributed by atoms with van der Waals surface area (Å²) >= 11 is 0. The summed E-state index contributed by atoms with van der Waals surface area (Å²) in [6, 6.07) is 51.7. The molecule has 0 aliphatic heterocycles. The molecule has 0 radical (unpaired) electrons. The van der Waals surface area contributed by atoms with Crippen LogP contribution in [0.1, 0.15) is 33.4 Å². The van der Waals surface area contributed by atoms with E-state index >= 15 is 0 Å². The predicted molar refractivity (Wildman–Crippen MR) is 214 cm³/mol. The van der Waals surface area contributed by atoms with Gasteiger partial charge in [0.05, 0.1) is 56.7 Å². The number of aromatic nitrogens is 2. The van der Waals surface area contributed by atoms with E-state index in [0.717, 1.165) is 55.7 Å². The van der Waals surface area contributed by atoms with Crippen molar-refractivity contribution in [3.63, 3.8) is 0 Å². The molecule has 0 saturated heterocycles. The van der Waals surface area contributed by atoms with Crippen LogP contribution in [-0.4, -0.2) is 9.13 Å². The molecule has 4 nitrogen and oxygen atoms in total. The van der Waals surface area contributed by atoms with E-state index in [4.69, 9.17) is 0 Å². The molecule has 0 N–H and O–H groups in total. The smallest absolute Gasteiger partial charge is 0.0998 e. The number of nitriles is 2. The zero-order chi connectivity index (χ0) is 35.7. The number of nitrogens with zero attached hydrogens (tertiary/aromatic N) is 4. The first-order valence-corrected chi connectivity index (χ1v) is 17.6. The quantitative estimate of drug-likeness (QED) is 0.188. The highest BCUT2D eigenvalue weighted by Crippen LogP contribution is 2.45. The molecule has 0 bridgehead atoms. The van der Waals surface area contributed by atoms with Crippen LogP contribution in [-0.2, 0) is 0 Å². The normalized spacial score (nSPS) is 11.4. The standard InChI is InChI=1S/C48H34N4/c1-29-13-17-42-38(21-29)39-22-30(2)14-18-43(39)51(42)46-25-35(36-11-7-5-9-33(36)27-49)26-47(48(46)37-12-8-6-10-34(37)28-50)52-44-19-15-31(3)23-40(44)41-24-32(4)16-20-45(41)52/h5-26H,1-4H3. The van der Waals surface area contributed by atoms with Gasteiger partial charge in [0, 0.05) is 32.7 Å². The monoisotopic (exact) mass is 666 g/mol. The van der Waals surface area contributed by atoms with Crippen LogP contribution < -0.4 is 0 Å². The van der Waals surface area contributed by atoms with Crippen molar-refractivity contribution in [2.45, 2.75) is 27.7 Å². The van der Waals surface area contributed by atoms with Gasteiger partial charge >= 0.3 is 0 Å². The molecule has 4 heteroatoms. The van der Waals surface area contributed by atoms with Crippen molar-refractivity contribution in [1.29, 1.82) is 10.5 Å². The molecular weight excluding hydrogens is 633 g/mol. The molecule has 52 heavy (non-hydrogen) atoms. The summed E-state index contributed by atoms with van der Waals surface area (Å²) in [5.74, 6) is 0. The third-order valence-corrected chi connectivity index (χ3v) is 10.4. The first-order chi connectivity index (χ1) is 25.3. The number of hydrogen-bond acceptors (Lipinski definition) is 2. The molecular formula is C48H34N4. The number of hydrogen-bond donors (Lipinski definition) is 0. The van der Waals surface area contributed by atoms with Crippen LogP contribution in [0.3, 0.4) is 0 Å². The third kappa shape index (κ3) is 4.73. The highest BCUT2D eigenvalue weighted by atomic mass is 15.0. The minimum Gasteiger partial charge on any atom is -0.309 e. The van der Waals surface area contributed by atoms with Crippen LogP contribution in [0.25, 0.3) is 77.2 Å². The van der Waals surface area contributed by atoms with Crippen LogP contribution >= 0.6 is 0 Å². The van der Waals surface area contributed by atoms with Gasteiger partial charge in [-0.05, 0) is 112 Å². The van der Waals surface area contributed by atoms with Crippen LogP contribution in [0, 0.1) is 50.4 Å². The van der Waals surface area contributed by atoms with Gasteiger partial charge in [-0.25, -0.2) is 0 Å². The number of rotatable bonds is 4. The van der Waals surface area contributed by atoms with Crippen molar-refractivity contribution < 1.29 is 0 Å². The van der Waals surface area contributed by atoms with Crippen molar-refractivity contribution in [2.75, 3.05) is 0 Å². The van der Waals surface area contributed by atoms with E-state index in [1.165, 1.54) is 43.8 Å². The number of fused-ring (bicyclic) bond motifs is 6. The molecule has 9 aromatic rings. The van der Waals surface area contributed by atoms with Crippen LogP contribution in [0.2, 0.25) is 0 Å². The molecule has 0 aliphatic rings. The minimum atomic E-state index is 0.593. The SMILES string of the molecule is Cc1ccc2c(c1)c1cc(C)ccc1n2-c1cc(-c2ccccc2C#N)cc(-n2c3ccc(C)cc3c3cc(C)ccc32)c1-c1ccccc1C#N. The van der Waals surface area contributed by atoms with Gasteiger partial charge in [-0.1, -0.05) is 82.9 Å². The third-order valence-electron chi connectivity index (χ3n) is 10.4. The Balaban J connectivity index is 1.56.